The first kappa shape index (κ1) is 8.42. The second-order valence-corrected chi connectivity index (χ2v) is 3.69. The molecule has 1 aliphatic rings. The van der Waals surface area contributed by atoms with Crippen LogP contribution >= 0.6 is 0 Å². The molecule has 0 bridgehead atoms. The lowest BCUT2D eigenvalue weighted by Crippen LogP contribution is -2.10. The van der Waals surface area contributed by atoms with Gasteiger partial charge in [-0.25, -0.2) is 0 Å². The molecule has 2 nitrogen and oxygen atoms in total. The highest BCUT2D eigenvalue weighted by Crippen LogP contribution is 2.33. The molecule has 0 aliphatic carbocycles. The minimum absolute atomic E-state index is 0.454. The van der Waals surface area contributed by atoms with Gasteiger partial charge in [-0.2, -0.15) is 0 Å². The molecule has 0 saturated heterocycles. The zero-order chi connectivity index (χ0) is 9.26. The van der Waals surface area contributed by atoms with Crippen molar-refractivity contribution in [3.8, 4) is 5.75 Å². The third-order valence-electron chi connectivity index (χ3n) is 2.16. The molecule has 0 radical (unpaired) electrons. The molecule has 0 fully saturated rings. The van der Waals surface area contributed by atoms with Crippen molar-refractivity contribution >= 4 is 5.69 Å². The van der Waals surface area contributed by atoms with E-state index >= 15 is 0 Å². The maximum atomic E-state index is 5.57. The molecule has 0 saturated carbocycles. The van der Waals surface area contributed by atoms with Crippen molar-refractivity contribution in [2.45, 2.75) is 26.3 Å². The molecule has 0 atom stereocenters. The van der Waals surface area contributed by atoms with E-state index in [4.69, 9.17) is 4.74 Å². The van der Waals surface area contributed by atoms with Gasteiger partial charge in [-0.15, -0.1) is 0 Å². The number of benzene rings is 1. The number of fused-ring (bicyclic) bond motifs is 1. The molecule has 0 amide bonds. The standard InChI is InChI=1S/C11H15NO/c1-8(2)12-10-5-3-4-9-6-7-13-11(9)10/h3-5,8,12H,6-7H2,1-2H3. The number of nitrogens with one attached hydrogen (secondary N) is 1. The highest BCUT2D eigenvalue weighted by molar-refractivity contribution is 5.61. The summed E-state index contributed by atoms with van der Waals surface area (Å²) in [6, 6.07) is 6.74. The Morgan fingerprint density at radius 3 is 3.00 bits per heavy atom. The van der Waals surface area contributed by atoms with Gasteiger partial charge in [0.05, 0.1) is 12.3 Å². The summed E-state index contributed by atoms with van der Waals surface area (Å²) in [7, 11) is 0. The topological polar surface area (TPSA) is 21.3 Å². The molecular formula is C11H15NO. The maximum absolute atomic E-state index is 5.57. The Labute approximate surface area is 78.9 Å². The zero-order valence-corrected chi connectivity index (χ0v) is 8.13. The summed E-state index contributed by atoms with van der Waals surface area (Å²) in [5.41, 5.74) is 2.45. The third-order valence-corrected chi connectivity index (χ3v) is 2.16. The average molecular weight is 177 g/mol. The van der Waals surface area contributed by atoms with Gasteiger partial charge >= 0.3 is 0 Å². The molecule has 1 N–H and O–H groups in total. The van der Waals surface area contributed by atoms with Crippen LogP contribution in [0.4, 0.5) is 5.69 Å². The first-order valence-corrected chi connectivity index (χ1v) is 4.78. The van der Waals surface area contributed by atoms with Crippen LogP contribution in [0.25, 0.3) is 0 Å². The summed E-state index contributed by atoms with van der Waals surface area (Å²) in [6.45, 7) is 5.09. The van der Waals surface area contributed by atoms with Crippen LogP contribution in [0, 0.1) is 0 Å². The summed E-state index contributed by atoms with van der Waals surface area (Å²) in [5, 5.41) is 3.38. The van der Waals surface area contributed by atoms with E-state index in [-0.39, 0.29) is 0 Å². The van der Waals surface area contributed by atoms with E-state index in [1.165, 1.54) is 5.56 Å². The Hall–Kier alpha value is -1.18. The lowest BCUT2D eigenvalue weighted by molar-refractivity contribution is 0.358. The predicted octanol–water partition coefficient (Wildman–Crippen LogP) is 2.44. The fourth-order valence-corrected chi connectivity index (χ4v) is 1.64. The van der Waals surface area contributed by atoms with E-state index in [0.29, 0.717) is 6.04 Å². The lowest BCUT2D eigenvalue weighted by atomic mass is 10.1. The van der Waals surface area contributed by atoms with Gasteiger partial charge in [-0.1, -0.05) is 12.1 Å². The van der Waals surface area contributed by atoms with Crippen LogP contribution in [0.3, 0.4) is 0 Å². The van der Waals surface area contributed by atoms with Crippen molar-refractivity contribution in [3.05, 3.63) is 23.8 Å². The molecular weight excluding hydrogens is 162 g/mol. The smallest absolute Gasteiger partial charge is 0.145 e. The lowest BCUT2D eigenvalue weighted by Gasteiger charge is -2.13. The molecule has 13 heavy (non-hydrogen) atoms. The fourth-order valence-electron chi connectivity index (χ4n) is 1.64. The van der Waals surface area contributed by atoms with Gasteiger partial charge in [0.15, 0.2) is 0 Å². The predicted molar refractivity (Wildman–Crippen MR) is 54.4 cm³/mol. The first-order valence-electron chi connectivity index (χ1n) is 4.78. The second kappa shape index (κ2) is 3.29. The van der Waals surface area contributed by atoms with Gasteiger partial charge in [-0.05, 0) is 25.5 Å². The first-order chi connectivity index (χ1) is 6.27. The molecule has 0 aromatic heterocycles. The highest BCUT2D eigenvalue weighted by atomic mass is 16.5. The number of ether oxygens (including phenoxy) is 1. The molecule has 1 aromatic rings. The molecule has 1 aliphatic heterocycles. The summed E-state index contributed by atoms with van der Waals surface area (Å²) in [4.78, 5) is 0. The van der Waals surface area contributed by atoms with Crippen LogP contribution in [0.2, 0.25) is 0 Å². The largest absolute Gasteiger partial charge is 0.491 e. The Bertz CT molecular complexity index is 307. The van der Waals surface area contributed by atoms with Crippen LogP contribution in [0.5, 0.6) is 5.75 Å². The number of para-hydroxylation sites is 1. The molecule has 0 spiro atoms. The maximum Gasteiger partial charge on any atom is 0.145 e. The molecule has 2 heteroatoms. The summed E-state index contributed by atoms with van der Waals surface area (Å²) in [5.74, 6) is 1.05. The van der Waals surface area contributed by atoms with Crippen LogP contribution < -0.4 is 10.1 Å². The van der Waals surface area contributed by atoms with Crippen molar-refractivity contribution in [2.24, 2.45) is 0 Å². The second-order valence-electron chi connectivity index (χ2n) is 3.69. The van der Waals surface area contributed by atoms with Gasteiger partial charge in [0, 0.05) is 12.5 Å². The van der Waals surface area contributed by atoms with Crippen molar-refractivity contribution in [3.63, 3.8) is 0 Å². The Morgan fingerprint density at radius 2 is 2.23 bits per heavy atom. The third kappa shape index (κ3) is 1.62. The van der Waals surface area contributed by atoms with Crippen molar-refractivity contribution in [1.29, 1.82) is 0 Å². The summed E-state index contributed by atoms with van der Waals surface area (Å²) in [6.07, 6.45) is 1.04. The van der Waals surface area contributed by atoms with Crippen LogP contribution in [-0.2, 0) is 6.42 Å². The fraction of sp³-hybridized carbons (Fsp3) is 0.455. The van der Waals surface area contributed by atoms with E-state index in [1.54, 1.807) is 0 Å². The monoisotopic (exact) mass is 177 g/mol. The molecule has 2 rings (SSSR count). The number of anilines is 1. The highest BCUT2D eigenvalue weighted by Gasteiger charge is 2.15. The zero-order valence-electron chi connectivity index (χ0n) is 8.13. The van der Waals surface area contributed by atoms with Crippen LogP contribution in [0.1, 0.15) is 19.4 Å². The number of hydrogen-bond acceptors (Lipinski definition) is 2. The summed E-state index contributed by atoms with van der Waals surface area (Å²) < 4.78 is 5.57. The van der Waals surface area contributed by atoms with Gasteiger partial charge in [0.1, 0.15) is 5.75 Å². The minimum atomic E-state index is 0.454. The molecule has 0 unspecified atom stereocenters. The molecule has 70 valence electrons. The SMILES string of the molecule is CC(C)Nc1cccc2c1OCC2. The normalized spacial score (nSPS) is 14.1. The van der Waals surface area contributed by atoms with Crippen LogP contribution in [0.15, 0.2) is 18.2 Å². The van der Waals surface area contributed by atoms with Gasteiger partial charge in [-0.3, -0.25) is 0 Å². The van der Waals surface area contributed by atoms with E-state index in [2.05, 4.69) is 37.4 Å². The minimum Gasteiger partial charge on any atom is -0.491 e. The average Bonchev–Trinajstić information content (AvgIpc) is 2.51. The van der Waals surface area contributed by atoms with Crippen molar-refractivity contribution in [1.82, 2.24) is 0 Å². The van der Waals surface area contributed by atoms with E-state index in [0.717, 1.165) is 24.5 Å². The van der Waals surface area contributed by atoms with E-state index in [9.17, 15) is 0 Å². The molecule has 1 aromatic carbocycles. The number of rotatable bonds is 2. The van der Waals surface area contributed by atoms with Crippen molar-refractivity contribution < 1.29 is 4.74 Å². The van der Waals surface area contributed by atoms with E-state index < -0.39 is 0 Å². The Balaban J connectivity index is 2.30. The number of hydrogen-bond donors (Lipinski definition) is 1. The molecule has 1 heterocycles. The quantitative estimate of drug-likeness (QED) is 0.749. The Morgan fingerprint density at radius 1 is 1.38 bits per heavy atom. The van der Waals surface area contributed by atoms with Gasteiger partial charge in [0.25, 0.3) is 0 Å². The van der Waals surface area contributed by atoms with E-state index in [1.807, 2.05) is 0 Å². The Kier molecular flexibility index (Phi) is 2.13. The summed E-state index contributed by atoms with van der Waals surface area (Å²) >= 11 is 0. The van der Waals surface area contributed by atoms with Crippen molar-refractivity contribution in [2.75, 3.05) is 11.9 Å². The van der Waals surface area contributed by atoms with Crippen LogP contribution in [-0.4, -0.2) is 12.6 Å². The van der Waals surface area contributed by atoms with Gasteiger partial charge in [0.2, 0.25) is 0 Å². The van der Waals surface area contributed by atoms with Gasteiger partial charge < -0.3 is 10.1 Å².